The number of aryl methyl sites for hydroxylation is 1. The van der Waals surface area contributed by atoms with Gasteiger partial charge in [0.1, 0.15) is 0 Å². The van der Waals surface area contributed by atoms with Crippen molar-refractivity contribution < 1.29 is 0 Å². The summed E-state index contributed by atoms with van der Waals surface area (Å²) in [7, 11) is 0. The summed E-state index contributed by atoms with van der Waals surface area (Å²) in [4.78, 5) is 0. The van der Waals surface area contributed by atoms with Gasteiger partial charge >= 0.3 is 0 Å². The fraction of sp³-hybridized carbons (Fsp3) is 0.364. The fourth-order valence-electron chi connectivity index (χ4n) is 1.68. The SMILES string of the molecule is NCC(CCc1ccccc1)c1nn[nH]n1. The molecule has 0 aliphatic rings. The summed E-state index contributed by atoms with van der Waals surface area (Å²) in [5, 5.41) is 14.0. The van der Waals surface area contributed by atoms with E-state index in [1.165, 1.54) is 5.56 Å². The van der Waals surface area contributed by atoms with Crippen LogP contribution in [0, 0.1) is 0 Å². The third kappa shape index (κ3) is 2.64. The van der Waals surface area contributed by atoms with Crippen molar-refractivity contribution in [1.82, 2.24) is 20.6 Å². The minimum absolute atomic E-state index is 0.180. The molecule has 0 aliphatic carbocycles. The summed E-state index contributed by atoms with van der Waals surface area (Å²) < 4.78 is 0. The molecule has 0 saturated heterocycles. The molecule has 1 aromatic heterocycles. The van der Waals surface area contributed by atoms with E-state index in [0.29, 0.717) is 12.4 Å². The van der Waals surface area contributed by atoms with Crippen LogP contribution in [0.15, 0.2) is 30.3 Å². The van der Waals surface area contributed by atoms with Crippen LogP contribution in [-0.2, 0) is 6.42 Å². The molecule has 5 heteroatoms. The first-order chi connectivity index (χ1) is 7.90. The lowest BCUT2D eigenvalue weighted by atomic mass is 9.99. The monoisotopic (exact) mass is 217 g/mol. The number of tetrazole rings is 1. The Morgan fingerprint density at radius 2 is 2.06 bits per heavy atom. The molecular formula is C11H15N5. The van der Waals surface area contributed by atoms with Gasteiger partial charge in [0, 0.05) is 12.5 Å². The minimum atomic E-state index is 0.180. The molecule has 2 rings (SSSR count). The normalized spacial score (nSPS) is 12.6. The van der Waals surface area contributed by atoms with Crippen LogP contribution in [0.5, 0.6) is 0 Å². The maximum absolute atomic E-state index is 5.71. The number of nitrogens with one attached hydrogen (secondary N) is 1. The zero-order valence-corrected chi connectivity index (χ0v) is 9.00. The van der Waals surface area contributed by atoms with E-state index in [0.717, 1.165) is 12.8 Å². The Morgan fingerprint density at radius 3 is 2.69 bits per heavy atom. The predicted molar refractivity (Wildman–Crippen MR) is 60.7 cm³/mol. The van der Waals surface area contributed by atoms with Gasteiger partial charge in [0.15, 0.2) is 5.82 Å². The van der Waals surface area contributed by atoms with E-state index in [-0.39, 0.29) is 5.92 Å². The first kappa shape index (κ1) is 10.8. The zero-order chi connectivity index (χ0) is 11.2. The maximum Gasteiger partial charge on any atom is 0.178 e. The first-order valence-corrected chi connectivity index (χ1v) is 5.37. The number of rotatable bonds is 5. The Bertz CT molecular complexity index is 398. The molecule has 2 aromatic rings. The highest BCUT2D eigenvalue weighted by molar-refractivity contribution is 5.15. The van der Waals surface area contributed by atoms with Gasteiger partial charge < -0.3 is 5.73 Å². The molecule has 1 aromatic carbocycles. The van der Waals surface area contributed by atoms with Gasteiger partial charge in [-0.2, -0.15) is 5.21 Å². The quantitative estimate of drug-likeness (QED) is 0.779. The van der Waals surface area contributed by atoms with Gasteiger partial charge in [-0.05, 0) is 18.4 Å². The van der Waals surface area contributed by atoms with E-state index in [1.807, 2.05) is 18.2 Å². The minimum Gasteiger partial charge on any atom is -0.330 e. The molecule has 16 heavy (non-hydrogen) atoms. The Kier molecular flexibility index (Phi) is 3.61. The molecule has 0 bridgehead atoms. The highest BCUT2D eigenvalue weighted by atomic mass is 15.5. The van der Waals surface area contributed by atoms with Crippen molar-refractivity contribution in [2.24, 2.45) is 5.73 Å². The van der Waals surface area contributed by atoms with Gasteiger partial charge in [-0.3, -0.25) is 0 Å². The summed E-state index contributed by atoms with van der Waals surface area (Å²) in [5.74, 6) is 0.886. The summed E-state index contributed by atoms with van der Waals surface area (Å²) in [6.07, 6.45) is 1.93. The van der Waals surface area contributed by atoms with Crippen molar-refractivity contribution in [1.29, 1.82) is 0 Å². The van der Waals surface area contributed by atoms with Gasteiger partial charge in [-0.15, -0.1) is 10.2 Å². The smallest absolute Gasteiger partial charge is 0.178 e. The molecule has 5 nitrogen and oxygen atoms in total. The van der Waals surface area contributed by atoms with Gasteiger partial charge in [-0.25, -0.2) is 0 Å². The van der Waals surface area contributed by atoms with Crippen molar-refractivity contribution in [3.8, 4) is 0 Å². The van der Waals surface area contributed by atoms with E-state index >= 15 is 0 Å². The number of benzene rings is 1. The predicted octanol–water partition coefficient (Wildman–Crippen LogP) is 0.875. The molecule has 84 valence electrons. The second-order valence-corrected chi connectivity index (χ2v) is 3.73. The van der Waals surface area contributed by atoms with Crippen LogP contribution in [0.1, 0.15) is 23.7 Å². The summed E-state index contributed by atoms with van der Waals surface area (Å²) in [5.41, 5.74) is 7.02. The molecule has 0 fully saturated rings. The zero-order valence-electron chi connectivity index (χ0n) is 9.00. The second kappa shape index (κ2) is 5.37. The molecule has 1 heterocycles. The highest BCUT2D eigenvalue weighted by Crippen LogP contribution is 2.16. The van der Waals surface area contributed by atoms with E-state index in [2.05, 4.69) is 32.8 Å². The van der Waals surface area contributed by atoms with E-state index < -0.39 is 0 Å². The number of nitrogens with two attached hydrogens (primary N) is 1. The lowest BCUT2D eigenvalue weighted by molar-refractivity contribution is 0.599. The van der Waals surface area contributed by atoms with Crippen molar-refractivity contribution in [2.45, 2.75) is 18.8 Å². The van der Waals surface area contributed by atoms with Crippen molar-refractivity contribution >= 4 is 0 Å². The van der Waals surface area contributed by atoms with Gasteiger partial charge in [-0.1, -0.05) is 35.5 Å². The summed E-state index contributed by atoms with van der Waals surface area (Å²) in [6, 6.07) is 10.3. The van der Waals surface area contributed by atoms with E-state index in [4.69, 9.17) is 5.73 Å². The highest BCUT2D eigenvalue weighted by Gasteiger charge is 2.13. The van der Waals surface area contributed by atoms with Gasteiger partial charge in [0.25, 0.3) is 0 Å². The van der Waals surface area contributed by atoms with Crippen LogP contribution < -0.4 is 5.73 Å². The molecular weight excluding hydrogens is 202 g/mol. The summed E-state index contributed by atoms with van der Waals surface area (Å²) in [6.45, 7) is 0.548. The number of hydrogen-bond acceptors (Lipinski definition) is 4. The van der Waals surface area contributed by atoms with Crippen LogP contribution in [0.3, 0.4) is 0 Å². The Labute approximate surface area is 94.1 Å². The van der Waals surface area contributed by atoms with Crippen LogP contribution in [0.4, 0.5) is 0 Å². The average Bonchev–Trinajstić information content (AvgIpc) is 2.85. The standard InChI is InChI=1S/C11H15N5/c12-8-10(11-13-15-16-14-11)7-6-9-4-2-1-3-5-9/h1-5,10H,6-8,12H2,(H,13,14,15,16). The number of hydrogen-bond donors (Lipinski definition) is 2. The molecule has 0 spiro atoms. The van der Waals surface area contributed by atoms with Crippen LogP contribution >= 0.6 is 0 Å². The van der Waals surface area contributed by atoms with Crippen molar-refractivity contribution in [3.05, 3.63) is 41.7 Å². The van der Waals surface area contributed by atoms with Gasteiger partial charge in [0.2, 0.25) is 0 Å². The summed E-state index contributed by atoms with van der Waals surface area (Å²) >= 11 is 0. The largest absolute Gasteiger partial charge is 0.330 e. The van der Waals surface area contributed by atoms with Crippen molar-refractivity contribution in [2.75, 3.05) is 6.54 Å². The lowest BCUT2D eigenvalue weighted by Crippen LogP contribution is -2.15. The Hall–Kier alpha value is -1.75. The van der Waals surface area contributed by atoms with Crippen LogP contribution in [0.2, 0.25) is 0 Å². The second-order valence-electron chi connectivity index (χ2n) is 3.73. The number of nitrogens with zero attached hydrogens (tertiary/aromatic N) is 3. The molecule has 0 aliphatic heterocycles. The Balaban J connectivity index is 1.94. The van der Waals surface area contributed by atoms with Crippen LogP contribution in [0.25, 0.3) is 0 Å². The molecule has 0 radical (unpaired) electrons. The van der Waals surface area contributed by atoms with Gasteiger partial charge in [0.05, 0.1) is 0 Å². The number of aromatic nitrogens is 4. The average molecular weight is 217 g/mol. The third-order valence-corrected chi connectivity index (χ3v) is 2.64. The Morgan fingerprint density at radius 1 is 1.25 bits per heavy atom. The number of aromatic amines is 1. The number of H-pyrrole nitrogens is 1. The fourth-order valence-corrected chi connectivity index (χ4v) is 1.68. The van der Waals surface area contributed by atoms with E-state index in [1.54, 1.807) is 0 Å². The van der Waals surface area contributed by atoms with E-state index in [9.17, 15) is 0 Å². The molecule has 3 N–H and O–H groups in total. The first-order valence-electron chi connectivity index (χ1n) is 5.37. The lowest BCUT2D eigenvalue weighted by Gasteiger charge is -2.09. The third-order valence-electron chi connectivity index (χ3n) is 2.64. The van der Waals surface area contributed by atoms with Crippen LogP contribution in [-0.4, -0.2) is 27.2 Å². The molecule has 0 amide bonds. The molecule has 1 unspecified atom stereocenters. The topological polar surface area (TPSA) is 80.5 Å². The molecule has 0 saturated carbocycles. The van der Waals surface area contributed by atoms with Crippen molar-refractivity contribution in [3.63, 3.8) is 0 Å². The maximum atomic E-state index is 5.71. The molecule has 1 atom stereocenters.